The van der Waals surface area contributed by atoms with Crippen LogP contribution in [-0.2, 0) is 39.3 Å². The van der Waals surface area contributed by atoms with E-state index in [4.69, 9.17) is 0 Å². The molecule has 198 valence electrons. The lowest BCUT2D eigenvalue weighted by Gasteiger charge is -2.10. The summed E-state index contributed by atoms with van der Waals surface area (Å²) in [5, 5.41) is 21.1. The second-order valence-electron chi connectivity index (χ2n) is 7.41. The number of hydrogen-bond acceptors (Lipinski definition) is 12. The fourth-order valence-electron chi connectivity index (χ4n) is 3.11. The van der Waals surface area contributed by atoms with Crippen LogP contribution in [0.3, 0.4) is 0 Å². The minimum Gasteiger partial charge on any atom is -0.726 e. The Hall–Kier alpha value is -3.48. The van der Waals surface area contributed by atoms with Crippen molar-refractivity contribution in [3.8, 4) is 5.75 Å². The van der Waals surface area contributed by atoms with Crippen molar-refractivity contribution in [2.45, 2.75) is 16.7 Å². The molecule has 1 amide bonds. The number of hydrogen-bond donors (Lipinski definition) is 3. The summed E-state index contributed by atoms with van der Waals surface area (Å²) in [7, 11) is -13.9. The zero-order chi connectivity index (χ0) is 27.6. The van der Waals surface area contributed by atoms with Crippen LogP contribution in [0.4, 0.5) is 17.1 Å². The number of phenolic OH excluding ortho intramolecular Hbond substituents is 1. The molecule has 0 spiro atoms. The second-order valence-corrected chi connectivity index (χ2v) is 12.0. The van der Waals surface area contributed by atoms with E-state index in [0.29, 0.717) is 5.69 Å². The lowest BCUT2D eigenvalue weighted by molar-refractivity contribution is -0.114. The number of fused-ring (bicyclic) bond motifs is 1. The molecule has 0 aliphatic rings. The van der Waals surface area contributed by atoms with Gasteiger partial charge in [0.1, 0.15) is 10.6 Å². The fraction of sp³-hybridized carbons (Fsp3) is 0.150. The number of carbonyl (C=O) groups excluding carboxylic acids is 1. The van der Waals surface area contributed by atoms with Gasteiger partial charge < -0.3 is 15.0 Å². The first kappa shape index (κ1) is 28.1. The Labute approximate surface area is 211 Å². The first-order valence-electron chi connectivity index (χ1n) is 9.96. The normalized spacial score (nSPS) is 12.7. The van der Waals surface area contributed by atoms with E-state index in [1.807, 2.05) is 0 Å². The maximum absolute atomic E-state index is 12.2. The van der Waals surface area contributed by atoms with Gasteiger partial charge in [0.15, 0.2) is 15.6 Å². The summed E-state index contributed by atoms with van der Waals surface area (Å²) in [6.07, 6.45) is 0. The van der Waals surface area contributed by atoms with Crippen LogP contribution in [0, 0.1) is 0 Å². The predicted molar refractivity (Wildman–Crippen MR) is 128 cm³/mol. The lowest BCUT2D eigenvalue weighted by atomic mass is 10.1. The van der Waals surface area contributed by atoms with Crippen LogP contribution in [0.25, 0.3) is 10.8 Å². The summed E-state index contributed by atoms with van der Waals surface area (Å²) in [4.78, 5) is 10.3. The van der Waals surface area contributed by atoms with E-state index in [1.54, 1.807) is 0 Å². The molecule has 0 atom stereocenters. The highest BCUT2D eigenvalue weighted by Gasteiger charge is 2.22. The molecule has 3 N–H and O–H groups in total. The van der Waals surface area contributed by atoms with Crippen molar-refractivity contribution >= 4 is 64.1 Å². The zero-order valence-electron chi connectivity index (χ0n) is 18.7. The maximum Gasteiger partial charge on any atom is 0.296 e. The third-order valence-corrected chi connectivity index (χ3v) is 7.71. The number of sulfone groups is 1. The SMILES string of the molecule is CC(=O)Nc1ccc2cc(S(=O)(=O)O)c(N=Nc3ccc(S(=O)(=O)CCOS(=O)(=O)[O-])cc3)c(O)c2c1. The summed E-state index contributed by atoms with van der Waals surface area (Å²) in [6, 6.07) is 9.84. The largest absolute Gasteiger partial charge is 0.726 e. The van der Waals surface area contributed by atoms with Gasteiger partial charge in [-0.2, -0.15) is 13.5 Å². The number of anilines is 1. The van der Waals surface area contributed by atoms with E-state index in [0.717, 1.165) is 18.2 Å². The highest BCUT2D eigenvalue weighted by Crippen LogP contribution is 2.42. The van der Waals surface area contributed by atoms with Crippen LogP contribution in [0.1, 0.15) is 6.92 Å². The number of aromatic hydroxyl groups is 1. The summed E-state index contributed by atoms with van der Waals surface area (Å²) in [6.45, 7) is 0.394. The number of amides is 1. The van der Waals surface area contributed by atoms with Gasteiger partial charge in [-0.25, -0.2) is 16.8 Å². The van der Waals surface area contributed by atoms with Crippen LogP contribution in [-0.4, -0.2) is 57.7 Å². The van der Waals surface area contributed by atoms with Crippen molar-refractivity contribution in [3.05, 3.63) is 48.5 Å². The maximum atomic E-state index is 12.2. The summed E-state index contributed by atoms with van der Waals surface area (Å²) < 4.78 is 93.2. The highest BCUT2D eigenvalue weighted by atomic mass is 32.3. The minimum absolute atomic E-state index is 0.0186. The number of carbonyl (C=O) groups is 1. The van der Waals surface area contributed by atoms with E-state index in [9.17, 15) is 44.3 Å². The summed E-state index contributed by atoms with van der Waals surface area (Å²) in [5.41, 5.74) is -0.291. The van der Waals surface area contributed by atoms with Gasteiger partial charge in [-0.3, -0.25) is 13.5 Å². The third-order valence-electron chi connectivity index (χ3n) is 4.69. The number of rotatable bonds is 9. The molecule has 0 saturated carbocycles. The van der Waals surface area contributed by atoms with Crippen molar-refractivity contribution in [3.63, 3.8) is 0 Å². The first-order chi connectivity index (χ1) is 17.1. The zero-order valence-corrected chi connectivity index (χ0v) is 21.2. The molecule has 0 fully saturated rings. The molecule has 0 heterocycles. The molecule has 0 aliphatic carbocycles. The van der Waals surface area contributed by atoms with Crippen molar-refractivity contribution in [1.82, 2.24) is 0 Å². The second kappa shape index (κ2) is 10.5. The van der Waals surface area contributed by atoms with E-state index in [1.165, 1.54) is 37.3 Å². The molecular weight excluding hydrogens is 554 g/mol. The highest BCUT2D eigenvalue weighted by molar-refractivity contribution is 7.91. The van der Waals surface area contributed by atoms with Crippen LogP contribution in [0.15, 0.2) is 68.6 Å². The number of nitrogens with zero attached hydrogens (tertiary/aromatic N) is 2. The smallest absolute Gasteiger partial charge is 0.296 e. The van der Waals surface area contributed by atoms with Crippen LogP contribution < -0.4 is 5.32 Å². The molecule has 0 radical (unpaired) electrons. The Kier molecular flexibility index (Phi) is 7.96. The Morgan fingerprint density at radius 2 is 1.65 bits per heavy atom. The molecule has 3 aromatic rings. The lowest BCUT2D eigenvalue weighted by Crippen LogP contribution is -2.15. The number of phenols is 1. The molecular formula is C20H18N3O11S3-. The van der Waals surface area contributed by atoms with Crippen LogP contribution in [0.5, 0.6) is 5.75 Å². The van der Waals surface area contributed by atoms with Crippen LogP contribution in [0.2, 0.25) is 0 Å². The van der Waals surface area contributed by atoms with Crippen molar-refractivity contribution < 1.29 is 48.4 Å². The molecule has 3 aromatic carbocycles. The van der Waals surface area contributed by atoms with Gasteiger partial charge in [0.25, 0.3) is 10.1 Å². The first-order valence-corrected chi connectivity index (χ1v) is 14.4. The van der Waals surface area contributed by atoms with Crippen LogP contribution >= 0.6 is 0 Å². The average molecular weight is 573 g/mol. The topological polar surface area (TPSA) is 229 Å². The van der Waals surface area contributed by atoms with Crippen molar-refractivity contribution in [1.29, 1.82) is 0 Å². The molecule has 3 rings (SSSR count). The third kappa shape index (κ3) is 7.28. The number of benzene rings is 3. The van der Waals surface area contributed by atoms with E-state index in [2.05, 4.69) is 19.7 Å². The molecule has 0 unspecified atom stereocenters. The monoisotopic (exact) mass is 572 g/mol. The standard InChI is InChI=1S/C20H19N3O11S3/c1-12(24)21-15-3-2-13-10-18(36(28,29)30)19(20(25)17(13)11-15)23-22-14-4-6-16(7-5-14)35(26,27)9-8-34-37(31,32)33/h2-7,10-11,25H,8-9H2,1H3,(H,21,24)(H,28,29,30)(H,31,32,33)/p-1. The molecule has 37 heavy (non-hydrogen) atoms. The molecule has 0 bridgehead atoms. The van der Waals surface area contributed by atoms with Crippen molar-refractivity contribution in [2.75, 3.05) is 17.7 Å². The van der Waals surface area contributed by atoms with Gasteiger partial charge in [0.2, 0.25) is 16.3 Å². The molecule has 0 aromatic heterocycles. The fourth-order valence-corrected chi connectivity index (χ4v) is 5.25. The van der Waals surface area contributed by atoms with E-state index < -0.39 is 59.0 Å². The van der Waals surface area contributed by atoms with Gasteiger partial charge in [0, 0.05) is 18.0 Å². The van der Waals surface area contributed by atoms with Crippen molar-refractivity contribution in [2.24, 2.45) is 10.2 Å². The molecule has 0 saturated heterocycles. The van der Waals surface area contributed by atoms with Gasteiger partial charge in [-0.1, -0.05) is 6.07 Å². The minimum atomic E-state index is -5.05. The Morgan fingerprint density at radius 3 is 2.22 bits per heavy atom. The molecule has 17 heteroatoms. The number of nitrogens with one attached hydrogen (secondary N) is 1. The van der Waals surface area contributed by atoms with Gasteiger partial charge >= 0.3 is 0 Å². The molecule has 14 nitrogen and oxygen atoms in total. The Balaban J connectivity index is 1.96. The van der Waals surface area contributed by atoms with E-state index >= 15 is 0 Å². The summed E-state index contributed by atoms with van der Waals surface area (Å²) >= 11 is 0. The van der Waals surface area contributed by atoms with Gasteiger partial charge in [-0.15, -0.1) is 5.11 Å². The van der Waals surface area contributed by atoms with Gasteiger partial charge in [-0.05, 0) is 47.9 Å². The average Bonchev–Trinajstić information content (AvgIpc) is 2.77. The van der Waals surface area contributed by atoms with E-state index in [-0.39, 0.29) is 27.3 Å². The molecule has 0 aliphatic heterocycles. The predicted octanol–water partition coefficient (Wildman–Crippen LogP) is 2.42. The Bertz CT molecular complexity index is 1720. The Morgan fingerprint density at radius 1 is 1.00 bits per heavy atom. The summed E-state index contributed by atoms with van der Waals surface area (Å²) in [5.74, 6) is -1.84. The van der Waals surface area contributed by atoms with Gasteiger partial charge in [0.05, 0.1) is 22.9 Å². The number of azo groups is 1. The quantitative estimate of drug-likeness (QED) is 0.191.